The van der Waals surface area contributed by atoms with Gasteiger partial charge in [0.05, 0.1) is 11.1 Å². The number of rotatable bonds is 3. The third kappa shape index (κ3) is 3.03. The van der Waals surface area contributed by atoms with Gasteiger partial charge in [-0.05, 0) is 48.0 Å². The molecule has 1 heterocycles. The van der Waals surface area contributed by atoms with E-state index in [-0.39, 0.29) is 16.9 Å². The number of hydrogen-bond acceptors (Lipinski definition) is 3. The van der Waals surface area contributed by atoms with Gasteiger partial charge in [-0.1, -0.05) is 41.9 Å². The largest absolute Gasteiger partial charge is 0.506 e. The van der Waals surface area contributed by atoms with Crippen LogP contribution in [0.5, 0.6) is 17.2 Å². The molecular formula is C21H14ClNO3. The molecule has 0 aliphatic heterocycles. The van der Waals surface area contributed by atoms with Gasteiger partial charge in [-0.3, -0.25) is 4.79 Å². The highest BCUT2D eigenvalue weighted by atomic mass is 35.5. The zero-order valence-corrected chi connectivity index (χ0v) is 14.3. The first-order valence-corrected chi connectivity index (χ1v) is 8.37. The van der Waals surface area contributed by atoms with Gasteiger partial charge in [-0.25, -0.2) is 0 Å². The van der Waals surface area contributed by atoms with Crippen LogP contribution in [0.2, 0.25) is 5.02 Å². The molecule has 0 atom stereocenters. The van der Waals surface area contributed by atoms with Gasteiger partial charge in [0, 0.05) is 10.4 Å². The Morgan fingerprint density at radius 2 is 1.65 bits per heavy atom. The van der Waals surface area contributed by atoms with Gasteiger partial charge in [0.25, 0.3) is 5.56 Å². The van der Waals surface area contributed by atoms with Crippen molar-refractivity contribution >= 4 is 22.5 Å². The number of benzene rings is 3. The zero-order chi connectivity index (χ0) is 18.1. The van der Waals surface area contributed by atoms with Crippen LogP contribution in [0.15, 0.2) is 77.6 Å². The zero-order valence-electron chi connectivity index (χ0n) is 13.6. The number of hydrogen-bond donors (Lipinski definition) is 2. The minimum absolute atomic E-state index is 0.108. The van der Waals surface area contributed by atoms with Crippen molar-refractivity contribution in [2.45, 2.75) is 0 Å². The van der Waals surface area contributed by atoms with Crippen molar-refractivity contribution in [2.75, 3.05) is 0 Å². The minimum Gasteiger partial charge on any atom is -0.506 e. The van der Waals surface area contributed by atoms with Crippen molar-refractivity contribution in [3.8, 4) is 28.4 Å². The molecule has 0 unspecified atom stereocenters. The highest BCUT2D eigenvalue weighted by Crippen LogP contribution is 2.35. The van der Waals surface area contributed by atoms with Gasteiger partial charge in [-0.15, -0.1) is 0 Å². The number of nitrogens with one attached hydrogen (secondary N) is 1. The molecule has 26 heavy (non-hydrogen) atoms. The normalized spacial score (nSPS) is 10.8. The van der Waals surface area contributed by atoms with Gasteiger partial charge in [0.15, 0.2) is 0 Å². The van der Waals surface area contributed by atoms with Crippen molar-refractivity contribution in [3.05, 3.63) is 88.2 Å². The fraction of sp³-hybridized carbons (Fsp3) is 0. The molecule has 0 bridgehead atoms. The molecule has 0 saturated heterocycles. The lowest BCUT2D eigenvalue weighted by Crippen LogP contribution is -2.09. The van der Waals surface area contributed by atoms with Crippen molar-refractivity contribution < 1.29 is 9.84 Å². The molecule has 5 heteroatoms. The minimum atomic E-state index is -0.380. The van der Waals surface area contributed by atoms with Crippen molar-refractivity contribution in [2.24, 2.45) is 0 Å². The lowest BCUT2D eigenvalue weighted by molar-refractivity contribution is 0.480. The molecule has 1 aromatic heterocycles. The van der Waals surface area contributed by atoms with Crippen molar-refractivity contribution in [1.82, 2.24) is 4.98 Å². The number of aromatic hydroxyl groups is 1. The highest BCUT2D eigenvalue weighted by molar-refractivity contribution is 6.31. The third-order valence-corrected chi connectivity index (χ3v) is 4.29. The molecule has 0 radical (unpaired) electrons. The number of aromatic nitrogens is 1. The molecule has 3 aromatic carbocycles. The summed E-state index contributed by atoms with van der Waals surface area (Å²) in [7, 11) is 0. The maximum Gasteiger partial charge on any atom is 0.260 e. The van der Waals surface area contributed by atoms with Crippen molar-refractivity contribution in [3.63, 3.8) is 0 Å². The van der Waals surface area contributed by atoms with Gasteiger partial charge in [0.2, 0.25) is 0 Å². The van der Waals surface area contributed by atoms with E-state index in [9.17, 15) is 9.90 Å². The Morgan fingerprint density at radius 3 is 2.46 bits per heavy atom. The monoisotopic (exact) mass is 363 g/mol. The molecular weight excluding hydrogens is 350 g/mol. The quantitative estimate of drug-likeness (QED) is 0.516. The Kier molecular flexibility index (Phi) is 4.11. The summed E-state index contributed by atoms with van der Waals surface area (Å²) >= 11 is 6.02. The first-order valence-electron chi connectivity index (χ1n) is 8.00. The van der Waals surface area contributed by atoms with E-state index in [0.29, 0.717) is 33.0 Å². The second-order valence-electron chi connectivity index (χ2n) is 5.81. The first-order chi connectivity index (χ1) is 12.6. The molecule has 4 rings (SSSR count). The number of ether oxygens (including phenoxy) is 1. The average Bonchev–Trinajstić information content (AvgIpc) is 2.64. The fourth-order valence-corrected chi connectivity index (χ4v) is 3.03. The molecule has 0 aliphatic rings. The van der Waals surface area contributed by atoms with Crippen molar-refractivity contribution in [1.29, 1.82) is 0 Å². The summed E-state index contributed by atoms with van der Waals surface area (Å²) in [4.78, 5) is 15.3. The Bertz CT molecular complexity index is 1150. The molecule has 128 valence electrons. The van der Waals surface area contributed by atoms with E-state index in [4.69, 9.17) is 16.3 Å². The summed E-state index contributed by atoms with van der Waals surface area (Å²) in [5.74, 6) is 1.15. The standard InChI is InChI=1S/C21H14ClNO3/c22-14-9-10-18-17(12-14)20(24)19(21(25)23-18)13-5-4-8-16(11-13)26-15-6-2-1-3-7-15/h1-12H,(H2,23,24,25). The van der Waals surface area contributed by atoms with E-state index >= 15 is 0 Å². The predicted octanol–water partition coefficient (Wildman–Crippen LogP) is 5.35. The van der Waals surface area contributed by atoms with Gasteiger partial charge < -0.3 is 14.8 Å². The summed E-state index contributed by atoms with van der Waals surface area (Å²) in [5, 5.41) is 11.6. The Morgan fingerprint density at radius 1 is 0.885 bits per heavy atom. The smallest absolute Gasteiger partial charge is 0.260 e. The summed E-state index contributed by atoms with van der Waals surface area (Å²) in [6, 6.07) is 21.3. The highest BCUT2D eigenvalue weighted by Gasteiger charge is 2.15. The van der Waals surface area contributed by atoms with E-state index in [0.717, 1.165) is 0 Å². The van der Waals surface area contributed by atoms with Crippen LogP contribution < -0.4 is 10.3 Å². The maximum absolute atomic E-state index is 12.5. The fourth-order valence-electron chi connectivity index (χ4n) is 2.86. The van der Waals surface area contributed by atoms with Crippen LogP contribution in [-0.4, -0.2) is 10.1 Å². The average molecular weight is 364 g/mol. The van der Waals surface area contributed by atoms with Crippen LogP contribution in [-0.2, 0) is 0 Å². The van der Waals surface area contributed by atoms with Crippen LogP contribution in [0.25, 0.3) is 22.0 Å². The Labute approximate surface area is 154 Å². The Balaban J connectivity index is 1.83. The Hall–Kier alpha value is -3.24. The topological polar surface area (TPSA) is 62.3 Å². The van der Waals surface area contributed by atoms with E-state index in [1.54, 1.807) is 42.5 Å². The number of pyridine rings is 1. The number of aromatic amines is 1. The van der Waals surface area contributed by atoms with Crippen LogP contribution >= 0.6 is 11.6 Å². The molecule has 0 fully saturated rings. The molecule has 0 saturated carbocycles. The summed E-state index contributed by atoms with van der Waals surface area (Å²) in [5.41, 5.74) is 0.879. The summed E-state index contributed by atoms with van der Waals surface area (Å²) < 4.78 is 5.81. The maximum atomic E-state index is 12.5. The second kappa shape index (κ2) is 6.58. The van der Waals surface area contributed by atoms with E-state index in [1.807, 2.05) is 30.3 Å². The van der Waals surface area contributed by atoms with E-state index < -0.39 is 0 Å². The third-order valence-electron chi connectivity index (χ3n) is 4.05. The van der Waals surface area contributed by atoms with Gasteiger partial charge >= 0.3 is 0 Å². The lowest BCUT2D eigenvalue weighted by atomic mass is 10.0. The summed E-state index contributed by atoms with van der Waals surface area (Å²) in [6.07, 6.45) is 0. The number of halogens is 1. The van der Waals surface area contributed by atoms with Crippen LogP contribution in [0.4, 0.5) is 0 Å². The molecule has 2 N–H and O–H groups in total. The first kappa shape index (κ1) is 16.2. The second-order valence-corrected chi connectivity index (χ2v) is 6.25. The van der Waals surface area contributed by atoms with Crippen LogP contribution in [0.3, 0.4) is 0 Å². The predicted molar refractivity (Wildman–Crippen MR) is 103 cm³/mol. The van der Waals surface area contributed by atoms with Crippen LogP contribution in [0, 0.1) is 0 Å². The molecule has 4 nitrogen and oxygen atoms in total. The van der Waals surface area contributed by atoms with Gasteiger partial charge in [0.1, 0.15) is 17.2 Å². The lowest BCUT2D eigenvalue weighted by Gasteiger charge is -2.10. The number of fused-ring (bicyclic) bond motifs is 1. The molecule has 0 aliphatic carbocycles. The number of para-hydroxylation sites is 1. The van der Waals surface area contributed by atoms with E-state index in [1.165, 1.54) is 0 Å². The molecule has 4 aromatic rings. The SMILES string of the molecule is O=c1[nH]c2ccc(Cl)cc2c(O)c1-c1cccc(Oc2ccccc2)c1. The van der Waals surface area contributed by atoms with E-state index in [2.05, 4.69) is 4.98 Å². The molecule has 0 amide bonds. The molecule has 0 spiro atoms. The number of H-pyrrole nitrogens is 1. The summed E-state index contributed by atoms with van der Waals surface area (Å²) in [6.45, 7) is 0. The van der Waals surface area contributed by atoms with Crippen LogP contribution in [0.1, 0.15) is 0 Å². The van der Waals surface area contributed by atoms with Gasteiger partial charge in [-0.2, -0.15) is 0 Å².